The third kappa shape index (κ3) is 33.0. The number of aliphatic carboxylic acids is 4. The second-order valence-electron chi connectivity index (χ2n) is 31.2. The zero-order valence-corrected chi connectivity index (χ0v) is 77.1. The number of ether oxygens (including phenoxy) is 15. The van der Waals surface area contributed by atoms with Crippen molar-refractivity contribution in [1.82, 2.24) is 19.5 Å². The van der Waals surface area contributed by atoms with Crippen LogP contribution in [0.1, 0.15) is 27.7 Å². The number of carbonyl (C=O) groups is 5. The van der Waals surface area contributed by atoms with Gasteiger partial charge in [-0.3, -0.25) is 50.3 Å². The van der Waals surface area contributed by atoms with Crippen molar-refractivity contribution in [1.29, 1.82) is 0 Å². The standard InChI is InChI=1S/C54H88N4O71S10/c1-9(59)55-16-21(62)29(116-50-24(65)19(60)14(54(2,3)4)32(120-50)42(69)70)11(6-109-134(90,91)92)113-47(16)121-34-23(64)25(66)51(124-39(34)43(71)72)119-31-13(8-111-136(96,97)98)115-49(18(58-132(84,85)86)33(31)127-137(99,100)101)123-36-27(68)38(129-139(105,106)107)53(126-41(36)45(75)76)118-30-12(7-110-135(93,94)95)114-48(17(22(30)63)57-131(81,82)83)122-35-26(67)37(128-138(102,103)104)52(125-40(35)44(73)74)117-28-10(5-108-133(87,88)89)112-46(77)15(20(28)61)56-130(78,79)80/h10-41,46-53,56-58,60-68,77H,5-8H2,1-4H3,(H,55,59)(H,69,70)(H,71,72)(H,73,74)(H,75,76)(H,78,79,80)(H,81,82,83)(H,84,85,86)(H,87,88,89)(H,90,91,92)(H,93,94,95)(H,96,97,98)(H,99,100,101)(H,102,103,104)(H,105,106,107)/t10-,11-,12-,13-,14+,15-,16-,17-,18-,19+,20-,21-,22-,23-,24-,25-,26+,27+,28-,29-,30-,31-,32?,33-,34+,35+,36+,37-,38-,39+,40-,41-,46?,47-,48-,49-,50-,51-,52-,53-/m1/s1. The number of hydrogen-bond donors (Lipinski definition) is 28. The fourth-order valence-corrected chi connectivity index (χ4v) is 19.5. The third-order valence-corrected chi connectivity index (χ3v) is 25.2. The van der Waals surface area contributed by atoms with Crippen LogP contribution < -0.4 is 19.5 Å². The number of carboxylic acids is 4. The molecule has 0 aromatic heterocycles. The molecule has 0 aromatic carbocycles. The summed E-state index contributed by atoms with van der Waals surface area (Å²) in [5, 5.41) is 160. The van der Waals surface area contributed by atoms with Gasteiger partial charge in [-0.05, 0) is 5.41 Å². The van der Waals surface area contributed by atoms with Gasteiger partial charge in [0.1, 0.15) is 146 Å². The average molecular weight is 2250 g/mol. The van der Waals surface area contributed by atoms with Gasteiger partial charge in [-0.2, -0.15) is 98.3 Å². The first kappa shape index (κ1) is 119. The van der Waals surface area contributed by atoms with Gasteiger partial charge in [-0.1, -0.05) is 20.8 Å². The van der Waals surface area contributed by atoms with E-state index in [9.17, 15) is 225 Å². The quantitative estimate of drug-likeness (QED) is 0.0252. The van der Waals surface area contributed by atoms with Gasteiger partial charge in [-0.15, -0.1) is 0 Å². The zero-order chi connectivity index (χ0) is 106. The van der Waals surface area contributed by atoms with Crippen molar-refractivity contribution in [3.8, 4) is 0 Å². The van der Waals surface area contributed by atoms with Gasteiger partial charge in [-0.25, -0.2) is 48.5 Å². The second kappa shape index (κ2) is 45.4. The first-order chi connectivity index (χ1) is 63.0. The number of amides is 1. The third-order valence-electron chi connectivity index (χ3n) is 20.3. The van der Waals surface area contributed by atoms with E-state index in [1.165, 1.54) is 25.5 Å². The van der Waals surface area contributed by atoms with Crippen molar-refractivity contribution in [3.63, 3.8) is 0 Å². The van der Waals surface area contributed by atoms with Crippen LogP contribution >= 0.6 is 0 Å². The predicted molar refractivity (Wildman–Crippen MR) is 405 cm³/mol. The number of carboxylic acid groups (broad SMARTS) is 4. The van der Waals surface area contributed by atoms with Crippen LogP contribution in [0.2, 0.25) is 0 Å². The molecule has 75 nitrogen and oxygen atoms in total. The summed E-state index contributed by atoms with van der Waals surface area (Å²) in [5.74, 6) is -12.3. The van der Waals surface area contributed by atoms with E-state index < -0.39 is 411 Å². The maximum absolute atomic E-state index is 13.5. The number of aliphatic hydroxyl groups is 10. The lowest BCUT2D eigenvalue weighted by Gasteiger charge is -2.51. The maximum atomic E-state index is 13.5. The highest BCUT2D eigenvalue weighted by Gasteiger charge is 2.65. The van der Waals surface area contributed by atoms with Gasteiger partial charge in [0, 0.05) is 12.8 Å². The fourth-order valence-electron chi connectivity index (χ4n) is 15.0. The molecule has 8 aliphatic heterocycles. The summed E-state index contributed by atoms with van der Waals surface area (Å²) in [5.41, 5.74) is -1.22. The summed E-state index contributed by atoms with van der Waals surface area (Å²) in [6, 6.07) is -11.8. The lowest BCUT2D eigenvalue weighted by molar-refractivity contribution is -0.379. The Morgan fingerprint density at radius 3 is 0.878 bits per heavy atom. The van der Waals surface area contributed by atoms with E-state index in [1.807, 2.05) is 5.32 Å². The molecule has 8 heterocycles. The molecule has 139 heavy (non-hydrogen) atoms. The first-order valence-electron chi connectivity index (χ1n) is 37.5. The molecule has 8 saturated heterocycles. The molecule has 0 spiro atoms. The minimum Gasteiger partial charge on any atom is -0.479 e. The molecule has 0 radical (unpaired) electrons. The van der Waals surface area contributed by atoms with Crippen LogP contribution in [-0.4, -0.2) is 497 Å². The molecule has 8 aliphatic rings. The van der Waals surface area contributed by atoms with Crippen molar-refractivity contribution in [2.45, 2.75) is 267 Å². The number of rotatable bonds is 43. The molecule has 810 valence electrons. The summed E-state index contributed by atoms with van der Waals surface area (Å²) in [6.45, 7) is -2.71. The van der Waals surface area contributed by atoms with Gasteiger partial charge in [0.2, 0.25) is 5.91 Å². The molecule has 0 saturated carbocycles. The molecule has 0 bridgehead atoms. The topological polar surface area (TPSA) is 1160 Å². The maximum Gasteiger partial charge on any atom is 0.397 e. The predicted octanol–water partition coefficient (Wildman–Crippen LogP) is -18.6. The highest BCUT2D eigenvalue weighted by molar-refractivity contribution is 7.84. The van der Waals surface area contributed by atoms with E-state index in [4.69, 9.17) is 71.1 Å². The SMILES string of the molecule is CC(=O)N[C@H]1[C@@H](O[C@H]2[C@H](O)[C@@H](O)[C@H](O[C@H]3[C@H](OS(=O)(=O)O)[C@@H](NS(=O)(=O)O)[C@@H](O[C@H]4[C@H](O)[C@@H](OS(=O)(=O)O)[C@H](O[C@H]5[C@H](O)[C@@H](NS(=O)(=O)O)[C@@H](O[C@H]6[C@H](O)[C@@H](OS(=O)(=O)O)[C@H](O[C@H]7[C@H](O)[C@@H](NS(=O)(=O)O)C(O)O[C@@H]7COS(=O)(=O)O)O[C@H]6C(=O)O)O[C@@H]5COS(=O)(=O)O)O[C@H]4C(=O)O)O[C@@H]3COS(=O)(=O)O)O[C@@H]2C(=O)O)O[C@H](COS(=O)(=O)O)[C@@H](O[C@@H]2OC(C(=O)O)[C@@H](C(C)(C)C)[C@H](O)[C@H]2O)[C@@H]1O. The Morgan fingerprint density at radius 2 is 0.540 bits per heavy atom. The van der Waals surface area contributed by atoms with Crippen LogP contribution in [0.15, 0.2) is 0 Å². The van der Waals surface area contributed by atoms with E-state index in [1.54, 1.807) is 0 Å². The summed E-state index contributed by atoms with van der Waals surface area (Å²) in [4.78, 5) is 65.4. The van der Waals surface area contributed by atoms with Crippen molar-refractivity contribution in [3.05, 3.63) is 0 Å². The molecule has 28 N–H and O–H groups in total. The minimum absolute atomic E-state index is 0.690. The second-order valence-corrected chi connectivity index (χ2v) is 42.2. The summed E-state index contributed by atoms with van der Waals surface area (Å²) < 4.78 is 462. The lowest BCUT2D eigenvalue weighted by Crippen LogP contribution is -2.72. The Bertz CT molecular complexity index is 5550. The Labute approximate surface area is 779 Å². The number of carbonyl (C=O) groups excluding carboxylic acids is 1. The Morgan fingerprint density at radius 1 is 0.273 bits per heavy atom. The summed E-state index contributed by atoms with van der Waals surface area (Å²) in [6.07, 6.45) is -106. The van der Waals surface area contributed by atoms with Crippen LogP contribution in [0.25, 0.3) is 0 Å². The van der Waals surface area contributed by atoms with Gasteiger partial charge in [0.25, 0.3) is 0 Å². The minimum atomic E-state index is -6.57. The number of aliphatic hydroxyl groups excluding tert-OH is 10. The molecule has 40 atom stereocenters. The Hall–Kier alpha value is -4.95. The number of nitrogens with one attached hydrogen (secondary N) is 4. The van der Waals surface area contributed by atoms with Gasteiger partial charge in [0.15, 0.2) is 86.9 Å². The molecule has 0 aliphatic carbocycles. The van der Waals surface area contributed by atoms with Crippen molar-refractivity contribution in [2.24, 2.45) is 11.3 Å². The smallest absolute Gasteiger partial charge is 0.397 e. The lowest BCUT2D eigenvalue weighted by atomic mass is 9.71. The molecular weight excluding hydrogens is 2160 g/mol. The largest absolute Gasteiger partial charge is 0.479 e. The zero-order valence-electron chi connectivity index (χ0n) is 68.9. The normalized spacial score (nSPS) is 39.7. The Balaban J connectivity index is 1.15. The molecule has 8 fully saturated rings. The van der Waals surface area contributed by atoms with E-state index in [2.05, 4.69) is 29.3 Å². The van der Waals surface area contributed by atoms with E-state index in [0.29, 0.717) is 6.92 Å². The van der Waals surface area contributed by atoms with Crippen LogP contribution in [0.4, 0.5) is 0 Å². The molecule has 85 heteroatoms. The molecule has 0 aromatic rings. The van der Waals surface area contributed by atoms with E-state index >= 15 is 0 Å². The van der Waals surface area contributed by atoms with Crippen molar-refractivity contribution in [2.75, 3.05) is 26.4 Å². The molecule has 2 unspecified atom stereocenters. The van der Waals surface area contributed by atoms with E-state index in [0.717, 1.165) is 9.44 Å². The van der Waals surface area contributed by atoms with Gasteiger partial charge < -0.3 is 148 Å². The van der Waals surface area contributed by atoms with Crippen LogP contribution in [0.5, 0.6) is 0 Å². The van der Waals surface area contributed by atoms with Gasteiger partial charge >= 0.3 is 128 Å². The Kier molecular flexibility index (Phi) is 39.0. The number of hydrogen-bond acceptors (Lipinski definition) is 57. The highest BCUT2D eigenvalue weighted by Crippen LogP contribution is 2.44. The van der Waals surface area contributed by atoms with Gasteiger partial charge in [0.05, 0.1) is 32.5 Å². The van der Waals surface area contributed by atoms with Crippen LogP contribution in [-0.2, 0) is 228 Å². The van der Waals surface area contributed by atoms with E-state index in [-0.39, 0.29) is 0 Å². The van der Waals surface area contributed by atoms with Crippen LogP contribution in [0.3, 0.4) is 0 Å². The molecule has 1 amide bonds. The highest BCUT2D eigenvalue weighted by atomic mass is 32.3. The molecular formula is C54H88N4O71S10. The fraction of sp³-hybridized carbons (Fsp3) is 0.907. The average Bonchev–Trinajstić information content (AvgIpc) is 0.752. The first-order valence-corrected chi connectivity index (χ1v) is 51.4. The van der Waals surface area contributed by atoms with Crippen molar-refractivity contribution >= 4 is 133 Å². The van der Waals surface area contributed by atoms with Crippen LogP contribution in [0, 0.1) is 11.3 Å². The monoisotopic (exact) mass is 2250 g/mol. The summed E-state index contributed by atoms with van der Waals surface area (Å²) >= 11 is 0. The molecule has 8 rings (SSSR count). The summed E-state index contributed by atoms with van der Waals surface area (Å²) in [7, 11) is -61.1. The van der Waals surface area contributed by atoms with Crippen molar-refractivity contribution < 1.29 is 326 Å².